The van der Waals surface area contributed by atoms with Crippen LogP contribution in [-0.4, -0.2) is 70.0 Å². The quantitative estimate of drug-likeness (QED) is 0.681. The molecule has 1 aliphatic rings. The van der Waals surface area contributed by atoms with E-state index in [9.17, 15) is 4.79 Å². The zero-order chi connectivity index (χ0) is 21.5. The first-order chi connectivity index (χ1) is 14.5. The van der Waals surface area contributed by atoms with Gasteiger partial charge < -0.3 is 20.4 Å². The number of pyridine rings is 1. The molecule has 1 fully saturated rings. The van der Waals surface area contributed by atoms with E-state index in [1.54, 1.807) is 18.3 Å². The summed E-state index contributed by atoms with van der Waals surface area (Å²) in [5.41, 5.74) is 0.472. The first-order valence-corrected chi connectivity index (χ1v) is 10.7. The maximum Gasteiger partial charge on any atom is 0.255 e. The Bertz CT molecular complexity index is 851. The SMILES string of the molecule is CCCC(C)NC(=O)c1cccnc1Nc1nc(CC)nc(N2CCN(C)CC2)n1. The number of aromatic nitrogens is 4. The van der Waals surface area contributed by atoms with Crippen molar-refractivity contribution in [2.24, 2.45) is 0 Å². The average Bonchev–Trinajstić information content (AvgIpc) is 2.74. The largest absolute Gasteiger partial charge is 0.349 e. The fourth-order valence-corrected chi connectivity index (χ4v) is 3.37. The molecule has 0 saturated carbocycles. The standard InChI is InChI=1S/C21H32N8O/c1-5-8-15(3)23-19(30)16-9-7-10-22-18(16)26-20-24-17(6-2)25-21(27-20)29-13-11-28(4)12-14-29/h7,9-10,15H,5-6,8,11-14H2,1-4H3,(H,23,30)(H,22,24,25,26,27). The van der Waals surface area contributed by atoms with Gasteiger partial charge in [-0.25, -0.2) is 4.98 Å². The van der Waals surface area contributed by atoms with Crippen LogP contribution in [0.15, 0.2) is 18.3 Å². The molecule has 9 heteroatoms. The van der Waals surface area contributed by atoms with Crippen LogP contribution in [-0.2, 0) is 6.42 Å². The second-order valence-electron chi connectivity index (χ2n) is 7.71. The maximum absolute atomic E-state index is 12.8. The van der Waals surface area contributed by atoms with Gasteiger partial charge in [0.2, 0.25) is 11.9 Å². The minimum Gasteiger partial charge on any atom is -0.349 e. The number of likely N-dealkylation sites (N-methyl/N-ethyl adjacent to an activating group) is 1. The average molecular weight is 413 g/mol. The second-order valence-corrected chi connectivity index (χ2v) is 7.71. The molecule has 1 atom stereocenters. The van der Waals surface area contributed by atoms with Gasteiger partial charge in [0.1, 0.15) is 11.6 Å². The van der Waals surface area contributed by atoms with E-state index in [-0.39, 0.29) is 11.9 Å². The monoisotopic (exact) mass is 412 g/mol. The van der Waals surface area contributed by atoms with E-state index in [0.717, 1.165) is 39.0 Å². The summed E-state index contributed by atoms with van der Waals surface area (Å²) in [4.78, 5) is 35.3. The van der Waals surface area contributed by atoms with E-state index >= 15 is 0 Å². The molecule has 0 aromatic carbocycles. The van der Waals surface area contributed by atoms with Gasteiger partial charge in [-0.3, -0.25) is 4.79 Å². The van der Waals surface area contributed by atoms with Crippen LogP contribution in [0.4, 0.5) is 17.7 Å². The highest BCUT2D eigenvalue weighted by molar-refractivity contribution is 5.99. The van der Waals surface area contributed by atoms with Gasteiger partial charge in [0, 0.05) is 44.8 Å². The lowest BCUT2D eigenvalue weighted by atomic mass is 10.1. The number of piperazine rings is 1. The molecule has 2 aromatic rings. The van der Waals surface area contributed by atoms with Crippen LogP contribution in [0.2, 0.25) is 0 Å². The van der Waals surface area contributed by atoms with Crippen molar-refractivity contribution in [1.29, 1.82) is 0 Å². The molecule has 3 rings (SSSR count). The fraction of sp³-hybridized carbons (Fsp3) is 0.571. The number of carbonyl (C=O) groups is 1. The molecular formula is C21H32N8O. The molecule has 2 aromatic heterocycles. The number of nitrogens with one attached hydrogen (secondary N) is 2. The summed E-state index contributed by atoms with van der Waals surface area (Å²) >= 11 is 0. The van der Waals surface area contributed by atoms with Crippen molar-refractivity contribution in [3.05, 3.63) is 29.7 Å². The predicted molar refractivity (Wildman–Crippen MR) is 118 cm³/mol. The van der Waals surface area contributed by atoms with Gasteiger partial charge in [-0.15, -0.1) is 0 Å². The number of rotatable bonds is 8. The van der Waals surface area contributed by atoms with Gasteiger partial charge in [0.15, 0.2) is 0 Å². The molecule has 0 radical (unpaired) electrons. The number of hydrogen-bond acceptors (Lipinski definition) is 8. The van der Waals surface area contributed by atoms with Crippen molar-refractivity contribution in [3.63, 3.8) is 0 Å². The van der Waals surface area contributed by atoms with Crippen molar-refractivity contribution in [1.82, 2.24) is 30.2 Å². The molecule has 9 nitrogen and oxygen atoms in total. The number of aryl methyl sites for hydroxylation is 1. The molecule has 1 saturated heterocycles. The highest BCUT2D eigenvalue weighted by Crippen LogP contribution is 2.19. The Morgan fingerprint density at radius 1 is 1.17 bits per heavy atom. The van der Waals surface area contributed by atoms with Crippen LogP contribution in [0.1, 0.15) is 49.8 Å². The Balaban J connectivity index is 1.82. The van der Waals surface area contributed by atoms with Crippen LogP contribution in [0, 0.1) is 0 Å². The molecular weight excluding hydrogens is 380 g/mol. The summed E-state index contributed by atoms with van der Waals surface area (Å²) in [7, 11) is 2.12. The van der Waals surface area contributed by atoms with Crippen LogP contribution >= 0.6 is 0 Å². The minimum absolute atomic E-state index is 0.100. The zero-order valence-corrected chi connectivity index (χ0v) is 18.4. The number of hydrogen-bond donors (Lipinski definition) is 2. The van der Waals surface area contributed by atoms with Gasteiger partial charge in [0.05, 0.1) is 5.56 Å². The van der Waals surface area contributed by atoms with E-state index in [4.69, 9.17) is 0 Å². The fourth-order valence-electron chi connectivity index (χ4n) is 3.37. The molecule has 162 valence electrons. The van der Waals surface area contributed by atoms with E-state index in [1.165, 1.54) is 0 Å². The molecule has 30 heavy (non-hydrogen) atoms. The first-order valence-electron chi connectivity index (χ1n) is 10.7. The Kier molecular flexibility index (Phi) is 7.51. The number of anilines is 3. The van der Waals surface area contributed by atoms with Gasteiger partial charge in [-0.1, -0.05) is 20.3 Å². The summed E-state index contributed by atoms with van der Waals surface area (Å²) in [5.74, 6) is 2.06. The third-order valence-electron chi connectivity index (χ3n) is 5.15. The van der Waals surface area contributed by atoms with E-state index in [1.807, 2.05) is 13.8 Å². The molecule has 0 spiro atoms. The molecule has 0 bridgehead atoms. The molecule has 1 aliphatic heterocycles. The molecule has 1 unspecified atom stereocenters. The lowest BCUT2D eigenvalue weighted by molar-refractivity contribution is 0.0939. The highest BCUT2D eigenvalue weighted by Gasteiger charge is 2.20. The lowest BCUT2D eigenvalue weighted by Crippen LogP contribution is -2.45. The topological polar surface area (TPSA) is 99.2 Å². The third-order valence-corrected chi connectivity index (χ3v) is 5.15. The van der Waals surface area contributed by atoms with Gasteiger partial charge >= 0.3 is 0 Å². The number of carbonyl (C=O) groups excluding carboxylic acids is 1. The Morgan fingerprint density at radius 3 is 2.63 bits per heavy atom. The summed E-state index contributed by atoms with van der Waals surface area (Å²) in [6, 6.07) is 3.61. The van der Waals surface area contributed by atoms with Crippen LogP contribution < -0.4 is 15.5 Å². The van der Waals surface area contributed by atoms with Crippen molar-refractivity contribution < 1.29 is 4.79 Å². The maximum atomic E-state index is 12.8. The Morgan fingerprint density at radius 2 is 1.93 bits per heavy atom. The summed E-state index contributed by atoms with van der Waals surface area (Å²) in [6.45, 7) is 9.80. The number of nitrogens with zero attached hydrogens (tertiary/aromatic N) is 6. The van der Waals surface area contributed by atoms with Crippen molar-refractivity contribution in [3.8, 4) is 0 Å². The highest BCUT2D eigenvalue weighted by atomic mass is 16.1. The van der Waals surface area contributed by atoms with Gasteiger partial charge in [-0.05, 0) is 32.5 Å². The first kappa shape index (κ1) is 21.9. The van der Waals surface area contributed by atoms with E-state index in [0.29, 0.717) is 35.5 Å². The minimum atomic E-state index is -0.157. The zero-order valence-electron chi connectivity index (χ0n) is 18.4. The second kappa shape index (κ2) is 10.3. The van der Waals surface area contributed by atoms with E-state index < -0.39 is 0 Å². The van der Waals surface area contributed by atoms with Gasteiger partial charge in [-0.2, -0.15) is 15.0 Å². The van der Waals surface area contributed by atoms with Crippen LogP contribution in [0.25, 0.3) is 0 Å². The molecule has 3 heterocycles. The lowest BCUT2D eigenvalue weighted by Gasteiger charge is -2.32. The van der Waals surface area contributed by atoms with Crippen molar-refractivity contribution >= 4 is 23.6 Å². The normalized spacial score (nSPS) is 15.7. The van der Waals surface area contributed by atoms with Gasteiger partial charge in [0.25, 0.3) is 5.91 Å². The third kappa shape index (κ3) is 5.63. The van der Waals surface area contributed by atoms with E-state index in [2.05, 4.69) is 54.3 Å². The Labute approximate surface area is 178 Å². The molecule has 2 N–H and O–H groups in total. The smallest absolute Gasteiger partial charge is 0.255 e. The molecule has 0 aliphatic carbocycles. The van der Waals surface area contributed by atoms with Crippen LogP contribution in [0.5, 0.6) is 0 Å². The summed E-state index contributed by atoms with van der Waals surface area (Å²) in [5, 5.41) is 6.18. The van der Waals surface area contributed by atoms with Crippen LogP contribution in [0.3, 0.4) is 0 Å². The predicted octanol–water partition coefficient (Wildman–Crippen LogP) is 2.24. The van der Waals surface area contributed by atoms with Crippen molar-refractivity contribution in [2.45, 2.75) is 46.1 Å². The molecule has 1 amide bonds. The number of amides is 1. The summed E-state index contributed by atoms with van der Waals surface area (Å²) in [6.07, 6.45) is 4.29. The summed E-state index contributed by atoms with van der Waals surface area (Å²) < 4.78 is 0. The Hall–Kier alpha value is -2.81. The van der Waals surface area contributed by atoms with Crippen molar-refractivity contribution in [2.75, 3.05) is 43.4 Å².